The lowest BCUT2D eigenvalue weighted by Crippen LogP contribution is -2.39. The standard InChI is InChI=1S/C26H25FN4O4/c1-14(2)35-13-22(29-16-8-6-15(27)7-9-16)26(34)30-17-10-11-19-21(12-17)18-4-3-5-20(24(28)32)23(18)31-25(19)33/h3-12,14,22,29H,13H2,1-2H3,(H2,28,32)(H,30,34)(H,31,33). The number of primary amides is 1. The number of hydrogen-bond acceptors (Lipinski definition) is 5. The van der Waals surface area contributed by atoms with Crippen LogP contribution in [0.4, 0.5) is 15.8 Å². The number of ether oxygens (including phenoxy) is 1. The first kappa shape index (κ1) is 23.9. The summed E-state index contributed by atoms with van der Waals surface area (Å²) < 4.78 is 18.9. The average Bonchev–Trinajstić information content (AvgIpc) is 2.82. The largest absolute Gasteiger partial charge is 0.376 e. The van der Waals surface area contributed by atoms with E-state index in [4.69, 9.17) is 10.5 Å². The molecule has 0 radical (unpaired) electrons. The summed E-state index contributed by atoms with van der Waals surface area (Å²) in [5, 5.41) is 7.51. The molecule has 1 atom stereocenters. The monoisotopic (exact) mass is 476 g/mol. The predicted molar refractivity (Wildman–Crippen MR) is 134 cm³/mol. The average molecular weight is 477 g/mol. The Morgan fingerprint density at radius 1 is 1.00 bits per heavy atom. The lowest BCUT2D eigenvalue weighted by atomic mass is 10.0. The van der Waals surface area contributed by atoms with Crippen molar-refractivity contribution in [2.45, 2.75) is 26.0 Å². The van der Waals surface area contributed by atoms with E-state index < -0.39 is 11.9 Å². The van der Waals surface area contributed by atoms with Crippen LogP contribution in [0.1, 0.15) is 24.2 Å². The van der Waals surface area contributed by atoms with E-state index in [2.05, 4.69) is 15.6 Å². The quantitative estimate of drug-likeness (QED) is 0.288. The van der Waals surface area contributed by atoms with Gasteiger partial charge in [-0.1, -0.05) is 12.1 Å². The molecule has 0 fully saturated rings. The molecule has 0 saturated heterocycles. The summed E-state index contributed by atoms with van der Waals surface area (Å²) in [6.45, 7) is 3.80. The van der Waals surface area contributed by atoms with Crippen LogP contribution in [-0.2, 0) is 9.53 Å². The molecule has 4 rings (SSSR count). The van der Waals surface area contributed by atoms with Gasteiger partial charge in [0, 0.05) is 22.1 Å². The van der Waals surface area contributed by atoms with Crippen molar-refractivity contribution in [1.29, 1.82) is 0 Å². The maximum Gasteiger partial charge on any atom is 0.256 e. The molecule has 8 nitrogen and oxygen atoms in total. The Morgan fingerprint density at radius 3 is 2.40 bits per heavy atom. The number of anilines is 2. The maximum atomic E-state index is 13.3. The molecule has 1 aromatic heterocycles. The molecule has 3 aromatic carbocycles. The van der Waals surface area contributed by atoms with Crippen LogP contribution >= 0.6 is 0 Å². The third kappa shape index (κ3) is 5.30. The number of carbonyl (C=O) groups is 2. The van der Waals surface area contributed by atoms with Crippen LogP contribution < -0.4 is 21.9 Å². The van der Waals surface area contributed by atoms with Gasteiger partial charge in [-0.2, -0.15) is 0 Å². The lowest BCUT2D eigenvalue weighted by molar-refractivity contribution is -0.118. The van der Waals surface area contributed by atoms with Crippen molar-refractivity contribution in [1.82, 2.24) is 4.98 Å². The first-order valence-electron chi connectivity index (χ1n) is 11.1. The third-order valence-electron chi connectivity index (χ3n) is 5.49. The fourth-order valence-corrected chi connectivity index (χ4v) is 3.79. The highest BCUT2D eigenvalue weighted by molar-refractivity contribution is 6.13. The minimum atomic E-state index is -0.768. The molecule has 0 bridgehead atoms. The normalized spacial score (nSPS) is 12.1. The Labute approximate surface area is 200 Å². The van der Waals surface area contributed by atoms with Gasteiger partial charge >= 0.3 is 0 Å². The second kappa shape index (κ2) is 9.94. The Hall–Kier alpha value is -4.24. The van der Waals surface area contributed by atoms with Crippen molar-refractivity contribution >= 4 is 44.9 Å². The third-order valence-corrected chi connectivity index (χ3v) is 5.49. The van der Waals surface area contributed by atoms with Crippen molar-refractivity contribution in [3.63, 3.8) is 0 Å². The predicted octanol–water partition coefficient (Wildman–Crippen LogP) is 3.76. The Balaban J connectivity index is 1.67. The number of nitrogens with one attached hydrogen (secondary N) is 3. The van der Waals surface area contributed by atoms with Crippen LogP contribution in [0, 0.1) is 5.82 Å². The maximum absolute atomic E-state index is 13.3. The highest BCUT2D eigenvalue weighted by Gasteiger charge is 2.20. The van der Waals surface area contributed by atoms with E-state index in [1.165, 1.54) is 24.3 Å². The molecule has 0 aliphatic heterocycles. The first-order chi connectivity index (χ1) is 16.7. The van der Waals surface area contributed by atoms with E-state index >= 15 is 0 Å². The number of amides is 2. The molecule has 0 saturated carbocycles. The van der Waals surface area contributed by atoms with Crippen LogP contribution in [0.15, 0.2) is 65.5 Å². The highest BCUT2D eigenvalue weighted by Crippen LogP contribution is 2.26. The zero-order valence-corrected chi connectivity index (χ0v) is 19.2. The number of nitrogens with two attached hydrogens (primary N) is 1. The lowest BCUT2D eigenvalue weighted by Gasteiger charge is -2.21. The molecule has 5 N–H and O–H groups in total. The van der Waals surface area contributed by atoms with E-state index in [1.807, 2.05) is 13.8 Å². The fourth-order valence-electron chi connectivity index (χ4n) is 3.79. The zero-order chi connectivity index (χ0) is 25.1. The summed E-state index contributed by atoms with van der Waals surface area (Å²) in [5.74, 6) is -1.41. The smallest absolute Gasteiger partial charge is 0.256 e. The van der Waals surface area contributed by atoms with Gasteiger partial charge in [0.05, 0.1) is 23.8 Å². The SMILES string of the molecule is CC(C)OCC(Nc1ccc(F)cc1)C(=O)Nc1ccc2c(=O)[nH]c3c(C(N)=O)cccc3c2c1. The minimum Gasteiger partial charge on any atom is -0.376 e. The molecule has 0 aliphatic carbocycles. The number of aromatic nitrogens is 1. The van der Waals surface area contributed by atoms with Crippen molar-refractivity contribution in [3.05, 3.63) is 82.4 Å². The van der Waals surface area contributed by atoms with Crippen molar-refractivity contribution in [2.75, 3.05) is 17.2 Å². The number of aromatic amines is 1. The van der Waals surface area contributed by atoms with E-state index in [9.17, 15) is 18.8 Å². The Morgan fingerprint density at radius 2 is 1.71 bits per heavy atom. The molecule has 9 heteroatoms. The molecule has 0 spiro atoms. The molecule has 35 heavy (non-hydrogen) atoms. The second-order valence-corrected chi connectivity index (χ2v) is 8.38. The Kier molecular flexibility index (Phi) is 6.79. The molecule has 4 aromatic rings. The number of benzene rings is 3. The van der Waals surface area contributed by atoms with Crippen LogP contribution in [0.5, 0.6) is 0 Å². The summed E-state index contributed by atoms with van der Waals surface area (Å²) in [7, 11) is 0. The van der Waals surface area contributed by atoms with Gasteiger partial charge in [0.2, 0.25) is 5.91 Å². The van der Waals surface area contributed by atoms with Gasteiger partial charge in [0.15, 0.2) is 0 Å². The molecule has 2 amide bonds. The highest BCUT2D eigenvalue weighted by atomic mass is 19.1. The second-order valence-electron chi connectivity index (χ2n) is 8.38. The molecule has 1 unspecified atom stereocenters. The summed E-state index contributed by atoms with van der Waals surface area (Å²) in [4.78, 5) is 40.3. The van der Waals surface area contributed by atoms with Gasteiger partial charge < -0.3 is 26.1 Å². The van der Waals surface area contributed by atoms with Crippen molar-refractivity contribution in [2.24, 2.45) is 5.73 Å². The minimum absolute atomic E-state index is 0.0824. The molecule has 180 valence electrons. The first-order valence-corrected chi connectivity index (χ1v) is 11.1. The van der Waals surface area contributed by atoms with Gasteiger partial charge in [0.1, 0.15) is 11.9 Å². The van der Waals surface area contributed by atoms with Crippen molar-refractivity contribution < 1.29 is 18.7 Å². The van der Waals surface area contributed by atoms with E-state index in [1.54, 1.807) is 36.4 Å². The number of halogens is 1. The van der Waals surface area contributed by atoms with E-state index in [-0.39, 0.29) is 35.6 Å². The number of rotatable bonds is 8. The number of carbonyl (C=O) groups excluding carboxylic acids is 2. The summed E-state index contributed by atoms with van der Waals surface area (Å²) in [5.41, 5.74) is 6.64. The number of pyridine rings is 1. The van der Waals surface area contributed by atoms with Crippen LogP contribution in [0.25, 0.3) is 21.7 Å². The molecule has 1 heterocycles. The fraction of sp³-hybridized carbons (Fsp3) is 0.192. The van der Waals surface area contributed by atoms with Gasteiger partial charge in [-0.3, -0.25) is 14.4 Å². The number of H-pyrrole nitrogens is 1. The van der Waals surface area contributed by atoms with Gasteiger partial charge in [-0.25, -0.2) is 4.39 Å². The van der Waals surface area contributed by atoms with Gasteiger partial charge in [-0.15, -0.1) is 0 Å². The zero-order valence-electron chi connectivity index (χ0n) is 19.2. The number of para-hydroxylation sites is 1. The van der Waals surface area contributed by atoms with Crippen LogP contribution in [0.2, 0.25) is 0 Å². The van der Waals surface area contributed by atoms with Gasteiger partial charge in [0.25, 0.3) is 11.5 Å². The number of fused-ring (bicyclic) bond motifs is 3. The molecular weight excluding hydrogens is 451 g/mol. The van der Waals surface area contributed by atoms with E-state index in [0.29, 0.717) is 33.1 Å². The van der Waals surface area contributed by atoms with E-state index in [0.717, 1.165) is 0 Å². The molecule has 0 aliphatic rings. The van der Waals surface area contributed by atoms with Crippen molar-refractivity contribution in [3.8, 4) is 0 Å². The van der Waals surface area contributed by atoms with Crippen LogP contribution in [-0.4, -0.2) is 35.6 Å². The van der Waals surface area contributed by atoms with Gasteiger partial charge in [-0.05, 0) is 67.8 Å². The summed E-state index contributed by atoms with van der Waals surface area (Å²) in [6.07, 6.45) is -0.0986. The topological polar surface area (TPSA) is 126 Å². The summed E-state index contributed by atoms with van der Waals surface area (Å²) >= 11 is 0. The Bertz CT molecular complexity index is 1460. The molecular formula is C26H25FN4O4. The van der Waals surface area contributed by atoms with Crippen LogP contribution in [0.3, 0.4) is 0 Å². The number of hydrogen-bond donors (Lipinski definition) is 4. The summed E-state index contributed by atoms with van der Waals surface area (Å²) in [6, 6.07) is 14.8.